The lowest BCUT2D eigenvalue weighted by Crippen LogP contribution is -2.25. The number of hydrogen-bond acceptors (Lipinski definition) is 8. The normalized spacial score (nSPS) is 11.9. The first kappa shape index (κ1) is 14.1. The maximum Gasteiger partial charge on any atom is 0.370 e. The Morgan fingerprint density at radius 2 is 2.11 bits per heavy atom. The molecule has 1 heterocycles. The minimum atomic E-state index is -3.69. The van der Waals surface area contributed by atoms with Gasteiger partial charge in [0.2, 0.25) is 0 Å². The van der Waals surface area contributed by atoms with Crippen molar-refractivity contribution >= 4 is 22.3 Å². The van der Waals surface area contributed by atoms with Crippen LogP contribution in [0.5, 0.6) is 0 Å². The minimum absolute atomic E-state index is 0.594. The number of tetrazole rings is 1. The van der Waals surface area contributed by atoms with Crippen LogP contribution < -0.4 is 5.69 Å². The topological polar surface area (TPSA) is 122 Å². The summed E-state index contributed by atoms with van der Waals surface area (Å²) in [4.78, 5) is 22.3. The summed E-state index contributed by atoms with van der Waals surface area (Å²) >= 11 is 0. The van der Waals surface area contributed by atoms with Crippen molar-refractivity contribution in [2.24, 2.45) is 0 Å². The summed E-state index contributed by atoms with van der Waals surface area (Å²) in [6.07, 6.45) is 2.82. The molecule has 0 bridgehead atoms. The second-order valence-corrected chi connectivity index (χ2v) is 4.64. The van der Waals surface area contributed by atoms with Gasteiger partial charge in [0.25, 0.3) is 10.1 Å². The van der Waals surface area contributed by atoms with Gasteiger partial charge in [0, 0.05) is 12.3 Å². The maximum atomic E-state index is 11.5. The molecule has 0 spiro atoms. The molecule has 0 aromatic carbocycles. The molecule has 0 saturated carbocycles. The first-order valence-corrected chi connectivity index (χ1v) is 6.28. The number of ether oxygens (including phenoxy) is 1. The standard InChI is InChI=1S/C7H10N4O6S/c1-16-6(12)3-4-10-7(13)11(9-8-10)5-17-18(2,14)15/h3-4H,5H2,1-2H3/b4-3-. The highest BCUT2D eigenvalue weighted by atomic mass is 32.2. The van der Waals surface area contributed by atoms with Gasteiger partial charge in [-0.3, -0.25) is 0 Å². The highest BCUT2D eigenvalue weighted by Gasteiger charge is 2.08. The Labute approximate surface area is 102 Å². The Morgan fingerprint density at radius 3 is 2.67 bits per heavy atom. The molecule has 0 aliphatic carbocycles. The van der Waals surface area contributed by atoms with E-state index in [-0.39, 0.29) is 0 Å². The highest BCUT2D eigenvalue weighted by molar-refractivity contribution is 7.85. The second-order valence-electron chi connectivity index (χ2n) is 3.00. The molecule has 0 N–H and O–H groups in total. The van der Waals surface area contributed by atoms with E-state index < -0.39 is 28.5 Å². The molecule has 1 rings (SSSR count). The molecule has 0 radical (unpaired) electrons. The Morgan fingerprint density at radius 1 is 1.44 bits per heavy atom. The van der Waals surface area contributed by atoms with Gasteiger partial charge in [0.05, 0.1) is 13.4 Å². The van der Waals surface area contributed by atoms with Crippen molar-refractivity contribution in [2.75, 3.05) is 13.4 Å². The highest BCUT2D eigenvalue weighted by Crippen LogP contribution is 1.88. The van der Waals surface area contributed by atoms with Crippen molar-refractivity contribution in [3.05, 3.63) is 16.6 Å². The lowest BCUT2D eigenvalue weighted by Gasteiger charge is -1.97. The first-order chi connectivity index (χ1) is 8.33. The molecule has 0 aliphatic rings. The Hall–Kier alpha value is -2.01. The van der Waals surface area contributed by atoms with E-state index in [0.717, 1.165) is 23.2 Å². The molecule has 10 nitrogen and oxygen atoms in total. The molecule has 0 unspecified atom stereocenters. The van der Waals surface area contributed by atoms with Gasteiger partial charge in [-0.1, -0.05) is 0 Å². The number of carbonyl (C=O) groups is 1. The van der Waals surface area contributed by atoms with E-state index in [1.54, 1.807) is 0 Å². The van der Waals surface area contributed by atoms with Crippen LogP contribution in [0.2, 0.25) is 0 Å². The third-order valence-electron chi connectivity index (χ3n) is 1.60. The van der Waals surface area contributed by atoms with Crippen molar-refractivity contribution in [1.82, 2.24) is 19.8 Å². The largest absolute Gasteiger partial charge is 0.466 e. The summed E-state index contributed by atoms with van der Waals surface area (Å²) < 4.78 is 31.5. The number of aromatic nitrogens is 4. The van der Waals surface area contributed by atoms with Gasteiger partial charge in [0.1, 0.15) is 0 Å². The van der Waals surface area contributed by atoms with E-state index in [9.17, 15) is 18.0 Å². The average molecular weight is 278 g/mol. The van der Waals surface area contributed by atoms with Crippen molar-refractivity contribution in [3.8, 4) is 0 Å². The molecule has 0 aliphatic heterocycles. The summed E-state index contributed by atoms with van der Waals surface area (Å²) in [7, 11) is -2.52. The molecule has 0 saturated heterocycles. The smallest absolute Gasteiger partial charge is 0.370 e. The fraction of sp³-hybridized carbons (Fsp3) is 0.429. The maximum absolute atomic E-state index is 11.5. The van der Waals surface area contributed by atoms with Crippen LogP contribution in [0.15, 0.2) is 10.9 Å². The molecule has 18 heavy (non-hydrogen) atoms. The van der Waals surface area contributed by atoms with Crippen LogP contribution in [-0.4, -0.2) is 47.5 Å². The summed E-state index contributed by atoms with van der Waals surface area (Å²) in [6, 6.07) is 0. The van der Waals surface area contributed by atoms with Gasteiger partial charge in [-0.05, 0) is 10.4 Å². The predicted octanol–water partition coefficient (Wildman–Crippen LogP) is -1.98. The first-order valence-electron chi connectivity index (χ1n) is 4.46. The van der Waals surface area contributed by atoms with Crippen molar-refractivity contribution in [2.45, 2.75) is 6.73 Å². The Balaban J connectivity index is 2.82. The van der Waals surface area contributed by atoms with Crippen molar-refractivity contribution < 1.29 is 22.1 Å². The lowest BCUT2D eigenvalue weighted by molar-refractivity contribution is -0.134. The number of esters is 1. The molecule has 1 aromatic rings. The fourth-order valence-electron chi connectivity index (χ4n) is 0.806. The van der Waals surface area contributed by atoms with Gasteiger partial charge < -0.3 is 4.74 Å². The summed E-state index contributed by atoms with van der Waals surface area (Å²) in [5.74, 6) is -0.677. The van der Waals surface area contributed by atoms with E-state index in [1.165, 1.54) is 7.11 Å². The SMILES string of the molecule is COC(=O)/C=C\n1nnn(COS(C)(=O)=O)c1=O. The van der Waals surface area contributed by atoms with Gasteiger partial charge >= 0.3 is 11.7 Å². The van der Waals surface area contributed by atoms with E-state index >= 15 is 0 Å². The molecular formula is C7H10N4O6S. The summed E-state index contributed by atoms with van der Waals surface area (Å²) in [5.41, 5.74) is -0.765. The zero-order valence-corrected chi connectivity index (χ0v) is 10.3. The quantitative estimate of drug-likeness (QED) is 0.345. The Bertz CT molecular complexity index is 612. The lowest BCUT2D eigenvalue weighted by atomic mass is 10.6. The van der Waals surface area contributed by atoms with E-state index in [0.29, 0.717) is 4.68 Å². The predicted molar refractivity (Wildman–Crippen MR) is 57.6 cm³/mol. The molecular weight excluding hydrogens is 268 g/mol. The number of carbonyl (C=O) groups excluding carboxylic acids is 1. The zero-order valence-electron chi connectivity index (χ0n) is 9.51. The monoisotopic (exact) mass is 278 g/mol. The fourth-order valence-corrected chi connectivity index (χ4v) is 1.10. The molecule has 0 fully saturated rings. The van der Waals surface area contributed by atoms with Gasteiger partial charge in [0.15, 0.2) is 6.73 Å². The third kappa shape index (κ3) is 4.10. The molecule has 1 aromatic heterocycles. The average Bonchev–Trinajstić information content (AvgIpc) is 2.63. The van der Waals surface area contributed by atoms with E-state index in [1.807, 2.05) is 0 Å². The van der Waals surface area contributed by atoms with Crippen LogP contribution in [0.1, 0.15) is 0 Å². The van der Waals surface area contributed by atoms with Gasteiger partial charge in [-0.25, -0.2) is 13.8 Å². The van der Waals surface area contributed by atoms with Crippen LogP contribution in [0, 0.1) is 0 Å². The van der Waals surface area contributed by atoms with Gasteiger partial charge in [-0.2, -0.15) is 17.8 Å². The number of rotatable bonds is 5. The third-order valence-corrected chi connectivity index (χ3v) is 2.14. The van der Waals surface area contributed by atoms with Gasteiger partial charge in [-0.15, -0.1) is 0 Å². The number of methoxy groups -OCH3 is 1. The molecule has 100 valence electrons. The molecule has 11 heteroatoms. The van der Waals surface area contributed by atoms with Crippen LogP contribution >= 0.6 is 0 Å². The Kier molecular flexibility index (Phi) is 4.33. The van der Waals surface area contributed by atoms with Crippen LogP contribution in [0.3, 0.4) is 0 Å². The zero-order chi connectivity index (χ0) is 13.8. The molecule has 0 amide bonds. The minimum Gasteiger partial charge on any atom is -0.466 e. The van der Waals surface area contributed by atoms with Crippen molar-refractivity contribution in [1.29, 1.82) is 0 Å². The van der Waals surface area contributed by atoms with Crippen LogP contribution in [0.25, 0.3) is 6.20 Å². The van der Waals surface area contributed by atoms with E-state index in [2.05, 4.69) is 19.3 Å². The van der Waals surface area contributed by atoms with Crippen molar-refractivity contribution in [3.63, 3.8) is 0 Å². The van der Waals surface area contributed by atoms with E-state index in [4.69, 9.17) is 0 Å². The molecule has 0 atom stereocenters. The summed E-state index contributed by atoms with van der Waals surface area (Å²) in [6.45, 7) is -0.594. The second kappa shape index (κ2) is 5.55. The number of nitrogens with zero attached hydrogens (tertiary/aromatic N) is 4. The summed E-state index contributed by atoms with van der Waals surface area (Å²) in [5, 5.41) is 6.72. The van der Waals surface area contributed by atoms with Crippen LogP contribution in [0.4, 0.5) is 0 Å². The number of hydrogen-bond donors (Lipinski definition) is 0. The van der Waals surface area contributed by atoms with Crippen LogP contribution in [-0.2, 0) is 30.6 Å².